The Kier molecular flexibility index (Phi) is 4.00. The number of aromatic nitrogens is 3. The molecule has 0 aliphatic carbocycles. The van der Waals surface area contributed by atoms with Crippen molar-refractivity contribution in [1.29, 1.82) is 0 Å². The summed E-state index contributed by atoms with van der Waals surface area (Å²) in [5.74, 6) is -0.870. The lowest BCUT2D eigenvalue weighted by Crippen LogP contribution is -2.23. The second-order valence-corrected chi connectivity index (χ2v) is 5.11. The van der Waals surface area contributed by atoms with Crippen LogP contribution in [0, 0.1) is 5.82 Å². The van der Waals surface area contributed by atoms with Crippen molar-refractivity contribution in [3.8, 4) is 0 Å². The van der Waals surface area contributed by atoms with E-state index in [2.05, 4.69) is 20.5 Å². The number of nitrogens with zero attached hydrogens (tertiary/aromatic N) is 2. The van der Waals surface area contributed by atoms with E-state index in [1.807, 2.05) is 0 Å². The van der Waals surface area contributed by atoms with Crippen molar-refractivity contribution < 1.29 is 9.18 Å². The fraction of sp³-hybridized carbons (Fsp3) is 0.182. The molecule has 1 heterocycles. The topological polar surface area (TPSA) is 96.7 Å². The van der Waals surface area contributed by atoms with Gasteiger partial charge in [-0.15, -0.1) is 0 Å². The molecule has 1 amide bonds. The number of nitrogens with one attached hydrogen (secondary N) is 2. The SMILES string of the molecule is CC(Sc1ncn[nH]1)C(=O)Nc1cc(N)ccc1F. The molecule has 1 atom stereocenters. The van der Waals surface area contributed by atoms with Gasteiger partial charge in [-0.3, -0.25) is 9.89 Å². The van der Waals surface area contributed by atoms with Crippen molar-refractivity contribution in [3.63, 3.8) is 0 Å². The van der Waals surface area contributed by atoms with Crippen LogP contribution in [-0.2, 0) is 4.79 Å². The number of anilines is 2. The second-order valence-electron chi connectivity index (χ2n) is 3.78. The van der Waals surface area contributed by atoms with Crippen LogP contribution < -0.4 is 11.1 Å². The molecule has 100 valence electrons. The molecule has 0 aliphatic rings. The fourth-order valence-corrected chi connectivity index (χ4v) is 2.06. The Balaban J connectivity index is 2.02. The minimum Gasteiger partial charge on any atom is -0.399 e. The van der Waals surface area contributed by atoms with Crippen LogP contribution in [0.4, 0.5) is 15.8 Å². The van der Waals surface area contributed by atoms with Crippen LogP contribution in [0.15, 0.2) is 29.7 Å². The maximum Gasteiger partial charge on any atom is 0.237 e. The molecule has 4 N–H and O–H groups in total. The number of nitrogen functional groups attached to an aromatic ring is 1. The first-order valence-corrected chi connectivity index (χ1v) is 6.32. The normalized spacial score (nSPS) is 12.1. The third-order valence-corrected chi connectivity index (χ3v) is 3.29. The van der Waals surface area contributed by atoms with Gasteiger partial charge in [0.15, 0.2) is 5.16 Å². The molecule has 1 unspecified atom stereocenters. The number of H-pyrrole nitrogens is 1. The summed E-state index contributed by atoms with van der Waals surface area (Å²) in [6.45, 7) is 1.69. The number of aromatic amines is 1. The van der Waals surface area contributed by atoms with Gasteiger partial charge in [0.1, 0.15) is 12.1 Å². The first kappa shape index (κ1) is 13.3. The smallest absolute Gasteiger partial charge is 0.237 e. The summed E-state index contributed by atoms with van der Waals surface area (Å²) >= 11 is 1.19. The van der Waals surface area contributed by atoms with Crippen LogP contribution in [0.1, 0.15) is 6.92 Å². The summed E-state index contributed by atoms with van der Waals surface area (Å²) in [5, 5.41) is 8.87. The molecule has 0 spiro atoms. The van der Waals surface area contributed by atoms with Gasteiger partial charge in [-0.2, -0.15) is 5.10 Å². The summed E-state index contributed by atoms with van der Waals surface area (Å²) < 4.78 is 13.5. The molecule has 0 fully saturated rings. The highest BCUT2D eigenvalue weighted by Crippen LogP contribution is 2.22. The van der Waals surface area contributed by atoms with E-state index in [0.717, 1.165) is 0 Å². The Morgan fingerprint density at radius 3 is 3.05 bits per heavy atom. The molecule has 8 heteroatoms. The number of thioether (sulfide) groups is 1. The lowest BCUT2D eigenvalue weighted by atomic mass is 10.2. The van der Waals surface area contributed by atoms with Gasteiger partial charge in [-0.1, -0.05) is 11.8 Å². The third kappa shape index (κ3) is 3.44. The number of hydrogen-bond donors (Lipinski definition) is 3. The van der Waals surface area contributed by atoms with Gasteiger partial charge in [0.05, 0.1) is 10.9 Å². The highest BCUT2D eigenvalue weighted by Gasteiger charge is 2.17. The quantitative estimate of drug-likeness (QED) is 0.585. The lowest BCUT2D eigenvalue weighted by molar-refractivity contribution is -0.115. The zero-order valence-corrected chi connectivity index (χ0v) is 10.9. The van der Waals surface area contributed by atoms with Crippen LogP contribution in [0.25, 0.3) is 0 Å². The van der Waals surface area contributed by atoms with Gasteiger partial charge in [0.25, 0.3) is 0 Å². The van der Waals surface area contributed by atoms with E-state index in [-0.39, 0.29) is 11.6 Å². The first-order chi connectivity index (χ1) is 9.06. The van der Waals surface area contributed by atoms with Gasteiger partial charge < -0.3 is 11.1 Å². The summed E-state index contributed by atoms with van der Waals surface area (Å²) in [6, 6.07) is 4.01. The molecule has 2 rings (SSSR count). The zero-order valence-electron chi connectivity index (χ0n) is 10.1. The van der Waals surface area contributed by atoms with E-state index in [1.54, 1.807) is 6.92 Å². The van der Waals surface area contributed by atoms with Crippen LogP contribution in [-0.4, -0.2) is 26.3 Å². The average molecular weight is 281 g/mol. The standard InChI is InChI=1S/C11H12FN5OS/c1-6(19-11-14-5-15-17-11)10(18)16-9-4-7(13)2-3-8(9)12/h2-6H,13H2,1H3,(H,16,18)(H,14,15,17). The summed E-state index contributed by atoms with van der Waals surface area (Å²) in [7, 11) is 0. The van der Waals surface area contributed by atoms with E-state index >= 15 is 0 Å². The third-order valence-electron chi connectivity index (χ3n) is 2.30. The Morgan fingerprint density at radius 2 is 2.37 bits per heavy atom. The number of carbonyl (C=O) groups is 1. The Bertz CT molecular complexity index is 574. The first-order valence-electron chi connectivity index (χ1n) is 5.44. The number of benzene rings is 1. The number of hydrogen-bond acceptors (Lipinski definition) is 5. The van der Waals surface area contributed by atoms with Gasteiger partial charge in [0, 0.05) is 5.69 Å². The minimum atomic E-state index is -0.528. The van der Waals surface area contributed by atoms with E-state index in [1.165, 1.54) is 36.3 Å². The monoisotopic (exact) mass is 281 g/mol. The van der Waals surface area contributed by atoms with Crippen molar-refractivity contribution in [1.82, 2.24) is 15.2 Å². The molecule has 1 aromatic carbocycles. The molecule has 2 aromatic rings. The zero-order chi connectivity index (χ0) is 13.8. The van der Waals surface area contributed by atoms with Crippen molar-refractivity contribution in [2.75, 3.05) is 11.1 Å². The Morgan fingerprint density at radius 1 is 1.58 bits per heavy atom. The molecule has 0 aliphatic heterocycles. The van der Waals surface area contributed by atoms with Crippen LogP contribution >= 0.6 is 11.8 Å². The lowest BCUT2D eigenvalue weighted by Gasteiger charge is -2.11. The predicted octanol–water partition coefficient (Wildman–Crippen LogP) is 1.65. The number of nitrogens with two attached hydrogens (primary N) is 1. The second kappa shape index (κ2) is 5.70. The maximum absolute atomic E-state index is 13.5. The van der Waals surface area contributed by atoms with Crippen molar-refractivity contribution in [2.24, 2.45) is 0 Å². The Hall–Kier alpha value is -2.09. The highest BCUT2D eigenvalue weighted by atomic mass is 32.2. The number of halogens is 1. The Labute approximate surface area is 113 Å². The van der Waals surface area contributed by atoms with Crippen LogP contribution in [0.2, 0.25) is 0 Å². The molecular formula is C11H12FN5OS. The van der Waals surface area contributed by atoms with Crippen LogP contribution in [0.5, 0.6) is 0 Å². The minimum absolute atomic E-state index is 0.0648. The summed E-state index contributed by atoms with van der Waals surface area (Å²) in [6.07, 6.45) is 1.35. The molecule has 6 nitrogen and oxygen atoms in total. The van der Waals surface area contributed by atoms with Gasteiger partial charge in [-0.25, -0.2) is 9.37 Å². The van der Waals surface area contributed by atoms with Crippen LogP contribution in [0.3, 0.4) is 0 Å². The van der Waals surface area contributed by atoms with Gasteiger partial charge in [-0.05, 0) is 25.1 Å². The van der Waals surface area contributed by atoms with E-state index in [4.69, 9.17) is 5.73 Å². The summed E-state index contributed by atoms with van der Waals surface area (Å²) in [4.78, 5) is 15.8. The van der Waals surface area contributed by atoms with Gasteiger partial charge in [0.2, 0.25) is 5.91 Å². The molecule has 0 saturated heterocycles. The summed E-state index contributed by atoms with van der Waals surface area (Å²) in [5.41, 5.74) is 5.99. The number of amides is 1. The molecular weight excluding hydrogens is 269 g/mol. The van der Waals surface area contributed by atoms with E-state index < -0.39 is 11.1 Å². The largest absolute Gasteiger partial charge is 0.399 e. The predicted molar refractivity (Wildman–Crippen MR) is 71.1 cm³/mol. The van der Waals surface area contributed by atoms with Gasteiger partial charge >= 0.3 is 0 Å². The molecule has 0 saturated carbocycles. The van der Waals surface area contributed by atoms with E-state index in [9.17, 15) is 9.18 Å². The molecule has 1 aromatic heterocycles. The highest BCUT2D eigenvalue weighted by molar-refractivity contribution is 8.00. The molecule has 0 radical (unpaired) electrons. The maximum atomic E-state index is 13.5. The average Bonchev–Trinajstić information content (AvgIpc) is 2.86. The fourth-order valence-electron chi connectivity index (χ4n) is 1.35. The van der Waals surface area contributed by atoms with E-state index in [0.29, 0.717) is 10.8 Å². The molecule has 0 bridgehead atoms. The van der Waals surface area contributed by atoms with Crippen molar-refractivity contribution >= 4 is 29.0 Å². The number of carbonyl (C=O) groups excluding carboxylic acids is 1. The number of rotatable bonds is 4. The molecule has 19 heavy (non-hydrogen) atoms. The van der Waals surface area contributed by atoms with Crippen molar-refractivity contribution in [3.05, 3.63) is 30.3 Å². The van der Waals surface area contributed by atoms with Crippen molar-refractivity contribution in [2.45, 2.75) is 17.3 Å².